The summed E-state index contributed by atoms with van der Waals surface area (Å²) in [5, 5.41) is 16.5. The molecule has 40 heavy (non-hydrogen) atoms. The lowest BCUT2D eigenvalue weighted by molar-refractivity contribution is -0.384. The zero-order valence-corrected chi connectivity index (χ0v) is 21.3. The minimum absolute atomic E-state index is 0.00570. The first kappa shape index (κ1) is 27.6. The number of imide groups is 1. The van der Waals surface area contributed by atoms with Crippen LogP contribution in [0.25, 0.3) is 0 Å². The molecule has 0 atom stereocenters. The fourth-order valence-electron chi connectivity index (χ4n) is 4.06. The van der Waals surface area contributed by atoms with E-state index >= 15 is 0 Å². The molecule has 3 aromatic carbocycles. The minimum Gasteiger partial charge on any atom is -0.427 e. The highest BCUT2D eigenvalue weighted by molar-refractivity contribution is 6.21. The molecule has 0 unspecified atom stereocenters. The maximum Gasteiger partial charge on any atom is 0.308 e. The van der Waals surface area contributed by atoms with Crippen LogP contribution in [-0.2, 0) is 16.1 Å². The van der Waals surface area contributed by atoms with Crippen LogP contribution in [0.3, 0.4) is 0 Å². The van der Waals surface area contributed by atoms with E-state index in [9.17, 15) is 34.1 Å². The number of amides is 4. The quantitative estimate of drug-likeness (QED) is 0.129. The number of hydrogen-bond acceptors (Lipinski definition) is 8. The predicted octanol–water partition coefficient (Wildman–Crippen LogP) is 3.47. The average Bonchev–Trinajstić information content (AvgIpc) is 3.16. The second kappa shape index (κ2) is 12.0. The topological polar surface area (TPSA) is 165 Å². The van der Waals surface area contributed by atoms with Crippen molar-refractivity contribution in [2.45, 2.75) is 26.3 Å². The molecule has 0 fully saturated rings. The second-order valence-corrected chi connectivity index (χ2v) is 8.90. The van der Waals surface area contributed by atoms with Crippen molar-refractivity contribution in [1.29, 1.82) is 0 Å². The molecule has 12 nitrogen and oxygen atoms in total. The van der Waals surface area contributed by atoms with Crippen molar-refractivity contribution in [1.82, 2.24) is 10.2 Å². The van der Waals surface area contributed by atoms with E-state index in [2.05, 4.69) is 10.6 Å². The number of non-ortho nitro benzene ring substituents is 1. The SMILES string of the molecule is CC(=O)Oc1cccc(C(=O)Nc2ccc(CNC(=O)CCCN3C(=O)c4ccc([N+](=O)[O-])cc4C3=O)cc2)c1. The van der Waals surface area contributed by atoms with Gasteiger partial charge in [0, 0.05) is 49.8 Å². The van der Waals surface area contributed by atoms with E-state index in [1.54, 1.807) is 42.5 Å². The standard InChI is InChI=1S/C28H24N4O8/c1-17(33)40-22-5-2-4-19(14-22)26(35)30-20-9-7-18(8-10-20)16-29-25(34)6-3-13-31-27(36)23-12-11-21(32(38)39)15-24(23)28(31)37/h2,4-5,7-12,14-15H,3,6,13,16H2,1H3,(H,29,34)(H,30,35). The number of anilines is 1. The van der Waals surface area contributed by atoms with Gasteiger partial charge in [-0.3, -0.25) is 39.0 Å². The summed E-state index contributed by atoms with van der Waals surface area (Å²) < 4.78 is 5.00. The molecule has 1 aliphatic rings. The van der Waals surface area contributed by atoms with Crippen LogP contribution in [0.1, 0.15) is 56.4 Å². The van der Waals surface area contributed by atoms with Crippen LogP contribution < -0.4 is 15.4 Å². The summed E-state index contributed by atoms with van der Waals surface area (Å²) in [5.74, 6) is -2.05. The van der Waals surface area contributed by atoms with Gasteiger partial charge in [-0.25, -0.2) is 0 Å². The molecule has 0 radical (unpaired) electrons. The Morgan fingerprint density at radius 2 is 1.68 bits per heavy atom. The first-order valence-corrected chi connectivity index (χ1v) is 12.2. The number of rotatable bonds is 10. The van der Waals surface area contributed by atoms with Crippen molar-refractivity contribution in [3.05, 3.63) is 99.1 Å². The van der Waals surface area contributed by atoms with E-state index in [1.807, 2.05) is 0 Å². The third-order valence-electron chi connectivity index (χ3n) is 6.01. The van der Waals surface area contributed by atoms with Gasteiger partial charge in [0.1, 0.15) is 5.75 Å². The lowest BCUT2D eigenvalue weighted by Gasteiger charge is -2.13. The van der Waals surface area contributed by atoms with Crippen molar-refractivity contribution < 1.29 is 33.6 Å². The van der Waals surface area contributed by atoms with E-state index in [4.69, 9.17) is 4.74 Å². The Morgan fingerprint density at radius 3 is 2.38 bits per heavy atom. The number of nitrogens with zero attached hydrogens (tertiary/aromatic N) is 2. The van der Waals surface area contributed by atoms with E-state index < -0.39 is 22.7 Å². The smallest absolute Gasteiger partial charge is 0.308 e. The van der Waals surface area contributed by atoms with E-state index in [0.29, 0.717) is 11.3 Å². The van der Waals surface area contributed by atoms with Gasteiger partial charge in [-0.1, -0.05) is 18.2 Å². The zero-order valence-electron chi connectivity index (χ0n) is 21.3. The molecule has 0 aromatic heterocycles. The van der Waals surface area contributed by atoms with E-state index in [-0.39, 0.29) is 60.3 Å². The van der Waals surface area contributed by atoms with Gasteiger partial charge in [0.2, 0.25) is 5.91 Å². The highest BCUT2D eigenvalue weighted by Crippen LogP contribution is 2.27. The molecule has 0 spiro atoms. The molecule has 2 N–H and O–H groups in total. The Hall–Kier alpha value is -5.39. The number of carbonyl (C=O) groups is 5. The monoisotopic (exact) mass is 544 g/mol. The number of hydrogen-bond donors (Lipinski definition) is 2. The van der Waals surface area contributed by atoms with Crippen LogP contribution in [0.5, 0.6) is 5.75 Å². The van der Waals surface area contributed by atoms with Crippen LogP contribution >= 0.6 is 0 Å². The second-order valence-electron chi connectivity index (χ2n) is 8.90. The van der Waals surface area contributed by atoms with Gasteiger partial charge in [0.05, 0.1) is 16.1 Å². The zero-order chi connectivity index (χ0) is 28.8. The van der Waals surface area contributed by atoms with Crippen molar-refractivity contribution in [3.8, 4) is 5.75 Å². The van der Waals surface area contributed by atoms with Gasteiger partial charge in [0.15, 0.2) is 0 Å². The summed E-state index contributed by atoms with van der Waals surface area (Å²) in [5.41, 5.74) is 1.45. The summed E-state index contributed by atoms with van der Waals surface area (Å²) in [7, 11) is 0. The Labute approximate surface area is 228 Å². The van der Waals surface area contributed by atoms with Gasteiger partial charge in [0.25, 0.3) is 23.4 Å². The molecule has 4 rings (SSSR count). The highest BCUT2D eigenvalue weighted by Gasteiger charge is 2.36. The maximum atomic E-state index is 12.5. The van der Waals surface area contributed by atoms with Crippen molar-refractivity contribution in [2.24, 2.45) is 0 Å². The molecule has 0 bridgehead atoms. The molecule has 4 amide bonds. The molecule has 0 saturated heterocycles. The van der Waals surface area contributed by atoms with Gasteiger partial charge < -0.3 is 15.4 Å². The fraction of sp³-hybridized carbons (Fsp3) is 0.179. The summed E-state index contributed by atoms with van der Waals surface area (Å²) >= 11 is 0. The molecular formula is C28H24N4O8. The highest BCUT2D eigenvalue weighted by atomic mass is 16.6. The molecular weight excluding hydrogens is 520 g/mol. The van der Waals surface area contributed by atoms with Gasteiger partial charge >= 0.3 is 5.97 Å². The normalized spacial score (nSPS) is 12.1. The number of benzene rings is 3. The van der Waals surface area contributed by atoms with E-state index in [1.165, 1.54) is 25.1 Å². The first-order chi connectivity index (χ1) is 19.1. The maximum absolute atomic E-state index is 12.5. The summed E-state index contributed by atoms with van der Waals surface area (Å²) in [6.07, 6.45) is 0.289. The molecule has 3 aromatic rings. The van der Waals surface area contributed by atoms with Crippen LogP contribution in [-0.4, -0.2) is 46.0 Å². The first-order valence-electron chi connectivity index (χ1n) is 12.2. The van der Waals surface area contributed by atoms with Gasteiger partial charge in [-0.15, -0.1) is 0 Å². The number of nitrogens with one attached hydrogen (secondary N) is 2. The average molecular weight is 545 g/mol. The van der Waals surface area contributed by atoms with Crippen molar-refractivity contribution in [2.75, 3.05) is 11.9 Å². The van der Waals surface area contributed by atoms with E-state index in [0.717, 1.165) is 16.5 Å². The van der Waals surface area contributed by atoms with Crippen molar-refractivity contribution >= 4 is 41.0 Å². The molecule has 0 saturated carbocycles. The molecule has 204 valence electrons. The minimum atomic E-state index is -0.636. The van der Waals surface area contributed by atoms with Crippen molar-refractivity contribution in [3.63, 3.8) is 0 Å². The number of nitro groups is 1. The lowest BCUT2D eigenvalue weighted by atomic mass is 10.1. The number of ether oxygens (including phenoxy) is 1. The van der Waals surface area contributed by atoms with Gasteiger partial charge in [-0.05, 0) is 48.4 Å². The largest absolute Gasteiger partial charge is 0.427 e. The number of fused-ring (bicyclic) bond motifs is 1. The Morgan fingerprint density at radius 1 is 0.950 bits per heavy atom. The van der Waals surface area contributed by atoms with Crippen LogP contribution in [0.2, 0.25) is 0 Å². The number of esters is 1. The number of nitro benzene ring substituents is 1. The third-order valence-corrected chi connectivity index (χ3v) is 6.01. The summed E-state index contributed by atoms with van der Waals surface area (Å²) in [6, 6.07) is 16.6. The summed E-state index contributed by atoms with van der Waals surface area (Å²) in [4.78, 5) is 72.3. The third kappa shape index (κ3) is 6.54. The molecule has 1 aliphatic heterocycles. The fourth-order valence-corrected chi connectivity index (χ4v) is 4.06. The summed E-state index contributed by atoms with van der Waals surface area (Å²) in [6.45, 7) is 1.51. The molecule has 12 heteroatoms. The Balaban J connectivity index is 1.22. The Bertz CT molecular complexity index is 1520. The predicted molar refractivity (Wildman–Crippen MR) is 142 cm³/mol. The lowest BCUT2D eigenvalue weighted by Crippen LogP contribution is -2.32. The van der Waals surface area contributed by atoms with Crippen LogP contribution in [0.15, 0.2) is 66.7 Å². The van der Waals surface area contributed by atoms with Crippen LogP contribution in [0, 0.1) is 10.1 Å². The Kier molecular flexibility index (Phi) is 8.28. The van der Waals surface area contributed by atoms with Gasteiger partial charge in [-0.2, -0.15) is 0 Å². The number of carbonyl (C=O) groups excluding carboxylic acids is 5. The molecule has 0 aliphatic carbocycles. The van der Waals surface area contributed by atoms with Crippen LogP contribution in [0.4, 0.5) is 11.4 Å². The molecule has 1 heterocycles.